The zero-order chi connectivity index (χ0) is 31.9. The summed E-state index contributed by atoms with van der Waals surface area (Å²) in [5, 5.41) is 21.3. The standard InChI is InChI=1S/C27H28ClF3N8O5/c28-16-5-3-15(4-6-16)26(11-12-26)39-24-36-23(37-25(38-24)44-14-27(29,30)31)35-18-9-7-17(8-10-18)34-19(22(42)43)2-1-13-33-21(41)20(32)40/h3-10,19,34H,1-2,11-14H2,(H2,32,40)(H,33,41)(H,42,43)(H2,35,36,37,38,39)/t19-/m0/s1. The maximum absolute atomic E-state index is 12.8. The Morgan fingerprint density at radius 1 is 1.00 bits per heavy atom. The number of anilines is 4. The van der Waals surface area contributed by atoms with Crippen molar-refractivity contribution >= 4 is 52.7 Å². The molecule has 2 aromatic carbocycles. The Balaban J connectivity index is 1.44. The number of rotatable bonds is 14. The van der Waals surface area contributed by atoms with E-state index in [-0.39, 0.29) is 31.3 Å². The van der Waals surface area contributed by atoms with Crippen molar-refractivity contribution in [2.45, 2.75) is 43.4 Å². The second-order valence-corrected chi connectivity index (χ2v) is 10.3. The molecule has 3 aromatic rings. The molecule has 1 aliphatic carbocycles. The fourth-order valence-corrected chi connectivity index (χ4v) is 4.23. The van der Waals surface area contributed by atoms with Crippen molar-refractivity contribution < 1.29 is 37.4 Å². The van der Waals surface area contributed by atoms with Crippen LogP contribution in [0.2, 0.25) is 5.02 Å². The number of aliphatic carboxylic acids is 1. The number of ether oxygens (including phenoxy) is 1. The molecule has 234 valence electrons. The summed E-state index contributed by atoms with van der Waals surface area (Å²) in [6, 6.07) is 11.9. The van der Waals surface area contributed by atoms with Crippen LogP contribution in [0.5, 0.6) is 6.01 Å². The van der Waals surface area contributed by atoms with E-state index in [9.17, 15) is 32.7 Å². The van der Waals surface area contributed by atoms with Crippen molar-refractivity contribution in [1.29, 1.82) is 0 Å². The zero-order valence-electron chi connectivity index (χ0n) is 22.9. The molecule has 0 saturated heterocycles. The molecule has 4 rings (SSSR count). The number of primary amides is 1. The highest BCUT2D eigenvalue weighted by atomic mass is 35.5. The summed E-state index contributed by atoms with van der Waals surface area (Å²) in [7, 11) is 0. The highest BCUT2D eigenvalue weighted by molar-refractivity contribution is 6.34. The number of aromatic nitrogens is 3. The van der Waals surface area contributed by atoms with Crippen LogP contribution >= 0.6 is 11.6 Å². The molecular weight excluding hydrogens is 609 g/mol. The first-order valence-corrected chi connectivity index (χ1v) is 13.6. The van der Waals surface area contributed by atoms with Gasteiger partial charge >= 0.3 is 30.0 Å². The number of carboxylic acid groups (broad SMARTS) is 1. The lowest BCUT2D eigenvalue weighted by atomic mass is 10.1. The smallest absolute Gasteiger partial charge is 0.422 e. The van der Waals surface area contributed by atoms with Crippen LogP contribution in [-0.4, -0.2) is 63.2 Å². The largest absolute Gasteiger partial charge is 0.480 e. The topological polar surface area (TPSA) is 193 Å². The minimum absolute atomic E-state index is 0.00160. The first kappa shape index (κ1) is 32.1. The Morgan fingerprint density at radius 3 is 2.23 bits per heavy atom. The van der Waals surface area contributed by atoms with Crippen LogP contribution in [0.4, 0.5) is 36.4 Å². The SMILES string of the molecule is NC(=O)C(=O)NCCC[C@H](Nc1ccc(Nc2nc(NC3(c4ccc(Cl)cc4)CC3)nc(OCC(F)(F)F)n2)cc1)C(=O)O. The normalized spacial score (nSPS) is 14.2. The van der Waals surface area contributed by atoms with Crippen LogP contribution in [0.3, 0.4) is 0 Å². The van der Waals surface area contributed by atoms with E-state index < -0.39 is 48.2 Å². The van der Waals surface area contributed by atoms with E-state index >= 15 is 0 Å². The molecule has 7 N–H and O–H groups in total. The Bertz CT molecular complexity index is 1490. The number of hydrogen-bond acceptors (Lipinski definition) is 10. The molecule has 0 unspecified atom stereocenters. The van der Waals surface area contributed by atoms with Gasteiger partial charge < -0.3 is 36.8 Å². The van der Waals surface area contributed by atoms with Crippen LogP contribution in [0, 0.1) is 0 Å². The summed E-state index contributed by atoms with van der Waals surface area (Å²) in [5.41, 5.74) is 6.14. The molecule has 1 aromatic heterocycles. The van der Waals surface area contributed by atoms with Crippen LogP contribution in [-0.2, 0) is 19.9 Å². The van der Waals surface area contributed by atoms with Crippen molar-refractivity contribution in [3.05, 3.63) is 59.1 Å². The molecular formula is C27H28ClF3N8O5. The van der Waals surface area contributed by atoms with Crippen LogP contribution in [0.15, 0.2) is 48.5 Å². The number of alkyl halides is 3. The number of carbonyl (C=O) groups is 3. The van der Waals surface area contributed by atoms with Gasteiger partial charge in [0, 0.05) is 22.9 Å². The number of nitrogens with zero attached hydrogens (tertiary/aromatic N) is 3. The molecule has 0 aliphatic heterocycles. The quantitative estimate of drug-likeness (QED) is 0.112. The highest BCUT2D eigenvalue weighted by Gasteiger charge is 2.45. The van der Waals surface area contributed by atoms with E-state index in [1.165, 1.54) is 0 Å². The fraction of sp³-hybridized carbons (Fsp3) is 0.333. The lowest BCUT2D eigenvalue weighted by Gasteiger charge is -2.19. The molecule has 1 aliphatic rings. The van der Waals surface area contributed by atoms with Crippen LogP contribution in [0.25, 0.3) is 0 Å². The van der Waals surface area contributed by atoms with Gasteiger partial charge in [0.15, 0.2) is 6.61 Å². The molecule has 0 spiro atoms. The van der Waals surface area contributed by atoms with Gasteiger partial charge in [-0.1, -0.05) is 23.7 Å². The summed E-state index contributed by atoms with van der Waals surface area (Å²) < 4.78 is 43.3. The molecule has 0 bridgehead atoms. The van der Waals surface area contributed by atoms with Crippen molar-refractivity contribution in [2.75, 3.05) is 29.1 Å². The van der Waals surface area contributed by atoms with Gasteiger partial charge in [-0.2, -0.15) is 28.1 Å². The summed E-state index contributed by atoms with van der Waals surface area (Å²) in [6.07, 6.45) is -2.75. The van der Waals surface area contributed by atoms with Gasteiger partial charge in [-0.3, -0.25) is 9.59 Å². The fourth-order valence-electron chi connectivity index (χ4n) is 4.11. The summed E-state index contributed by atoms with van der Waals surface area (Å²) in [5.74, 6) is -3.31. The van der Waals surface area contributed by atoms with E-state index in [4.69, 9.17) is 22.1 Å². The average Bonchev–Trinajstić information content (AvgIpc) is 3.74. The predicted molar refractivity (Wildman–Crippen MR) is 154 cm³/mol. The summed E-state index contributed by atoms with van der Waals surface area (Å²) in [6.45, 7) is -1.53. The molecule has 1 saturated carbocycles. The van der Waals surface area contributed by atoms with Crippen molar-refractivity contribution in [2.24, 2.45) is 5.73 Å². The second-order valence-electron chi connectivity index (χ2n) is 9.88. The number of nitrogens with one attached hydrogen (secondary N) is 4. The van der Waals surface area contributed by atoms with Gasteiger partial charge in [-0.15, -0.1) is 0 Å². The van der Waals surface area contributed by atoms with E-state index in [1.807, 2.05) is 12.1 Å². The Labute approximate surface area is 253 Å². The number of carbonyl (C=O) groups excluding carboxylic acids is 2. The molecule has 1 atom stereocenters. The number of benzene rings is 2. The Kier molecular flexibility index (Phi) is 9.93. The van der Waals surface area contributed by atoms with Gasteiger partial charge in [-0.05, 0) is 67.6 Å². The summed E-state index contributed by atoms with van der Waals surface area (Å²) >= 11 is 6.00. The third-order valence-corrected chi connectivity index (χ3v) is 6.69. The van der Waals surface area contributed by atoms with Crippen molar-refractivity contribution in [1.82, 2.24) is 20.3 Å². The molecule has 1 heterocycles. The van der Waals surface area contributed by atoms with Gasteiger partial charge in [0.2, 0.25) is 11.9 Å². The minimum atomic E-state index is -4.61. The second kappa shape index (κ2) is 13.6. The Morgan fingerprint density at radius 2 is 1.64 bits per heavy atom. The van der Waals surface area contributed by atoms with E-state index in [1.54, 1.807) is 36.4 Å². The lowest BCUT2D eigenvalue weighted by Crippen LogP contribution is -2.37. The first-order valence-electron chi connectivity index (χ1n) is 13.3. The molecule has 1 fully saturated rings. The van der Waals surface area contributed by atoms with Gasteiger partial charge in [0.1, 0.15) is 6.04 Å². The van der Waals surface area contributed by atoms with Crippen LogP contribution < -0.4 is 31.7 Å². The van der Waals surface area contributed by atoms with Gasteiger partial charge in [0.05, 0.1) is 5.54 Å². The zero-order valence-corrected chi connectivity index (χ0v) is 23.7. The Hall–Kier alpha value is -4.86. The molecule has 0 radical (unpaired) electrons. The molecule has 17 heteroatoms. The first-order chi connectivity index (χ1) is 20.8. The third kappa shape index (κ3) is 9.32. The number of halogens is 4. The van der Waals surface area contributed by atoms with Gasteiger partial charge in [0.25, 0.3) is 0 Å². The van der Waals surface area contributed by atoms with Gasteiger partial charge in [-0.25, -0.2) is 4.79 Å². The maximum Gasteiger partial charge on any atom is 0.422 e. The predicted octanol–water partition coefficient (Wildman–Crippen LogP) is 3.56. The third-order valence-electron chi connectivity index (χ3n) is 6.44. The monoisotopic (exact) mass is 636 g/mol. The van der Waals surface area contributed by atoms with E-state index in [0.29, 0.717) is 16.4 Å². The number of nitrogens with two attached hydrogens (primary N) is 1. The molecule has 44 heavy (non-hydrogen) atoms. The number of hydrogen-bond donors (Lipinski definition) is 6. The molecule has 2 amide bonds. The average molecular weight is 637 g/mol. The van der Waals surface area contributed by atoms with Crippen molar-refractivity contribution in [3.63, 3.8) is 0 Å². The lowest BCUT2D eigenvalue weighted by molar-refractivity contribution is -0.154. The number of amides is 2. The highest BCUT2D eigenvalue weighted by Crippen LogP contribution is 2.48. The number of carboxylic acids is 1. The minimum Gasteiger partial charge on any atom is -0.480 e. The molecule has 13 nitrogen and oxygen atoms in total. The van der Waals surface area contributed by atoms with E-state index in [0.717, 1.165) is 18.4 Å². The summed E-state index contributed by atoms with van der Waals surface area (Å²) in [4.78, 5) is 46.0. The van der Waals surface area contributed by atoms with E-state index in [2.05, 4.69) is 36.2 Å². The maximum atomic E-state index is 12.8. The van der Waals surface area contributed by atoms with Crippen LogP contribution in [0.1, 0.15) is 31.2 Å². The van der Waals surface area contributed by atoms with Crippen molar-refractivity contribution in [3.8, 4) is 6.01 Å².